The number of nitrogens with one attached hydrogen (secondary N) is 1. The summed E-state index contributed by atoms with van der Waals surface area (Å²) in [6.07, 6.45) is 5.12. The molecule has 0 saturated carbocycles. The van der Waals surface area contributed by atoms with Gasteiger partial charge in [-0.15, -0.1) is 5.10 Å². The lowest BCUT2D eigenvalue weighted by molar-refractivity contribution is 0.187. The van der Waals surface area contributed by atoms with Gasteiger partial charge in [0.05, 0.1) is 6.54 Å². The minimum Gasteiger partial charge on any atom is -0.407 e. The number of rotatable bonds is 8. The van der Waals surface area contributed by atoms with Crippen molar-refractivity contribution in [2.45, 2.75) is 39.2 Å². The molecular weight excluding hydrogens is 266 g/mol. The van der Waals surface area contributed by atoms with Crippen molar-refractivity contribution in [3.63, 3.8) is 0 Å². The molecule has 2 rings (SSSR count). The van der Waals surface area contributed by atoms with Crippen LogP contribution >= 0.6 is 0 Å². The molecule has 2 heterocycles. The molecule has 6 heteroatoms. The van der Waals surface area contributed by atoms with E-state index < -0.39 is 0 Å². The van der Waals surface area contributed by atoms with Crippen molar-refractivity contribution in [1.29, 1.82) is 0 Å². The minimum atomic E-state index is 0.556. The number of hydrogen-bond acceptors (Lipinski definition) is 6. The summed E-state index contributed by atoms with van der Waals surface area (Å²) in [5.74, 6) is 1.38. The van der Waals surface area contributed by atoms with Crippen LogP contribution in [0.4, 0.5) is 6.01 Å². The molecule has 0 atom stereocenters. The van der Waals surface area contributed by atoms with E-state index in [1.165, 1.54) is 45.3 Å². The van der Waals surface area contributed by atoms with Gasteiger partial charge in [-0.2, -0.15) is 0 Å². The second-order valence-electron chi connectivity index (χ2n) is 6.26. The first kappa shape index (κ1) is 16.2. The fourth-order valence-electron chi connectivity index (χ4n) is 2.69. The first-order chi connectivity index (χ1) is 10.2. The molecule has 21 heavy (non-hydrogen) atoms. The Morgan fingerprint density at radius 2 is 2.05 bits per heavy atom. The fraction of sp³-hybridized carbons (Fsp3) is 0.867. The van der Waals surface area contributed by atoms with Gasteiger partial charge in [-0.1, -0.05) is 18.4 Å². The Hall–Kier alpha value is -1.14. The normalized spacial score (nSPS) is 17.5. The lowest BCUT2D eigenvalue weighted by Crippen LogP contribution is -2.36. The highest BCUT2D eigenvalue weighted by atomic mass is 16.4. The van der Waals surface area contributed by atoms with Crippen LogP contribution in [0.5, 0.6) is 0 Å². The number of anilines is 1. The second-order valence-corrected chi connectivity index (χ2v) is 6.26. The summed E-state index contributed by atoms with van der Waals surface area (Å²) in [6, 6.07) is 0.556. The molecule has 1 aromatic rings. The molecule has 0 spiro atoms. The summed E-state index contributed by atoms with van der Waals surface area (Å²) >= 11 is 0. The third-order valence-electron chi connectivity index (χ3n) is 4.00. The minimum absolute atomic E-state index is 0.556. The van der Waals surface area contributed by atoms with E-state index in [0.717, 1.165) is 6.54 Å². The topological polar surface area (TPSA) is 57.4 Å². The van der Waals surface area contributed by atoms with Crippen molar-refractivity contribution in [3.8, 4) is 0 Å². The van der Waals surface area contributed by atoms with Gasteiger partial charge in [-0.05, 0) is 58.9 Å². The number of likely N-dealkylation sites (tertiary alicyclic amines) is 1. The maximum absolute atomic E-state index is 5.57. The Balaban J connectivity index is 1.66. The lowest BCUT2D eigenvalue weighted by Gasteiger charge is -2.31. The van der Waals surface area contributed by atoms with Gasteiger partial charge in [-0.25, -0.2) is 0 Å². The third kappa shape index (κ3) is 5.63. The molecule has 0 radical (unpaired) electrons. The average Bonchev–Trinajstić information content (AvgIpc) is 2.91. The van der Waals surface area contributed by atoms with E-state index in [0.29, 0.717) is 24.4 Å². The highest BCUT2D eigenvalue weighted by Crippen LogP contribution is 2.18. The maximum Gasteiger partial charge on any atom is 0.315 e. The molecule has 0 bridgehead atoms. The summed E-state index contributed by atoms with van der Waals surface area (Å²) in [4.78, 5) is 4.60. The molecular formula is C15H29N5O. The predicted octanol–water partition coefficient (Wildman–Crippen LogP) is 2.06. The lowest BCUT2D eigenvalue weighted by atomic mass is 9.97. The maximum atomic E-state index is 5.57. The van der Waals surface area contributed by atoms with Crippen LogP contribution in [-0.4, -0.2) is 60.3 Å². The number of nitrogens with zero attached hydrogens (tertiary/aromatic N) is 4. The Labute approximate surface area is 127 Å². The van der Waals surface area contributed by atoms with Gasteiger partial charge in [0.15, 0.2) is 0 Å². The Kier molecular flexibility index (Phi) is 6.45. The van der Waals surface area contributed by atoms with Gasteiger partial charge < -0.3 is 19.5 Å². The number of piperidine rings is 1. The van der Waals surface area contributed by atoms with Crippen LogP contribution in [-0.2, 0) is 6.54 Å². The zero-order chi connectivity index (χ0) is 15.1. The van der Waals surface area contributed by atoms with Crippen molar-refractivity contribution in [3.05, 3.63) is 5.89 Å². The molecule has 0 amide bonds. The predicted molar refractivity (Wildman–Crippen MR) is 84.3 cm³/mol. The van der Waals surface area contributed by atoms with Gasteiger partial charge in [0.1, 0.15) is 0 Å². The summed E-state index contributed by atoms with van der Waals surface area (Å²) in [6.45, 7) is 7.58. The number of unbranched alkanes of at least 4 members (excludes halogenated alkanes) is 1. The molecule has 1 aliphatic heterocycles. The van der Waals surface area contributed by atoms with Crippen molar-refractivity contribution in [2.24, 2.45) is 5.92 Å². The SMILES string of the molecule is CCCCN1CCC(CNc2nnc(CN(C)C)o2)CC1. The smallest absolute Gasteiger partial charge is 0.315 e. The Morgan fingerprint density at radius 1 is 1.29 bits per heavy atom. The fourth-order valence-corrected chi connectivity index (χ4v) is 2.69. The van der Waals surface area contributed by atoms with E-state index >= 15 is 0 Å². The zero-order valence-electron chi connectivity index (χ0n) is 13.6. The molecule has 6 nitrogen and oxygen atoms in total. The van der Waals surface area contributed by atoms with Crippen LogP contribution < -0.4 is 5.32 Å². The van der Waals surface area contributed by atoms with Gasteiger partial charge in [0.25, 0.3) is 0 Å². The van der Waals surface area contributed by atoms with E-state index in [1.807, 2.05) is 19.0 Å². The molecule has 1 aromatic heterocycles. The second kappa shape index (κ2) is 8.34. The average molecular weight is 295 g/mol. The first-order valence-electron chi connectivity index (χ1n) is 8.10. The van der Waals surface area contributed by atoms with Crippen LogP contribution in [0.3, 0.4) is 0 Å². The van der Waals surface area contributed by atoms with Gasteiger partial charge in [0, 0.05) is 6.54 Å². The summed E-state index contributed by atoms with van der Waals surface area (Å²) in [7, 11) is 3.98. The number of hydrogen-bond donors (Lipinski definition) is 1. The van der Waals surface area contributed by atoms with Crippen LogP contribution in [0.25, 0.3) is 0 Å². The molecule has 0 unspecified atom stereocenters. The van der Waals surface area contributed by atoms with Crippen LogP contribution in [0, 0.1) is 5.92 Å². The molecule has 120 valence electrons. The van der Waals surface area contributed by atoms with E-state index in [-0.39, 0.29) is 0 Å². The van der Waals surface area contributed by atoms with E-state index in [1.54, 1.807) is 0 Å². The highest BCUT2D eigenvalue weighted by molar-refractivity contribution is 5.16. The van der Waals surface area contributed by atoms with E-state index in [2.05, 4.69) is 27.3 Å². The van der Waals surface area contributed by atoms with Gasteiger partial charge >= 0.3 is 6.01 Å². The van der Waals surface area contributed by atoms with Crippen LogP contribution in [0.1, 0.15) is 38.5 Å². The molecule has 1 N–H and O–H groups in total. The van der Waals surface area contributed by atoms with Crippen LogP contribution in [0.15, 0.2) is 4.42 Å². The van der Waals surface area contributed by atoms with Crippen molar-refractivity contribution >= 4 is 6.01 Å². The third-order valence-corrected chi connectivity index (χ3v) is 4.00. The molecule has 1 aliphatic rings. The Bertz CT molecular complexity index is 399. The summed E-state index contributed by atoms with van der Waals surface area (Å²) in [5, 5.41) is 11.4. The zero-order valence-corrected chi connectivity index (χ0v) is 13.6. The van der Waals surface area contributed by atoms with Crippen molar-refractivity contribution in [2.75, 3.05) is 45.6 Å². The largest absolute Gasteiger partial charge is 0.407 e. The van der Waals surface area contributed by atoms with Crippen LogP contribution in [0.2, 0.25) is 0 Å². The first-order valence-corrected chi connectivity index (χ1v) is 8.10. The van der Waals surface area contributed by atoms with E-state index in [9.17, 15) is 0 Å². The van der Waals surface area contributed by atoms with Crippen molar-refractivity contribution in [1.82, 2.24) is 20.0 Å². The quantitative estimate of drug-likeness (QED) is 0.792. The molecule has 1 saturated heterocycles. The number of aromatic nitrogens is 2. The van der Waals surface area contributed by atoms with Gasteiger partial charge in [-0.3, -0.25) is 0 Å². The standard InChI is InChI=1S/C15H29N5O/c1-4-5-8-20-9-6-13(7-10-20)11-16-15-18-17-14(21-15)12-19(2)3/h13H,4-12H2,1-3H3,(H,16,18). The molecule has 1 fully saturated rings. The highest BCUT2D eigenvalue weighted by Gasteiger charge is 2.19. The molecule has 0 aromatic carbocycles. The Morgan fingerprint density at radius 3 is 2.71 bits per heavy atom. The summed E-state index contributed by atoms with van der Waals surface area (Å²) in [5.41, 5.74) is 0. The summed E-state index contributed by atoms with van der Waals surface area (Å²) < 4.78 is 5.57. The van der Waals surface area contributed by atoms with Gasteiger partial charge in [0.2, 0.25) is 5.89 Å². The molecule has 0 aliphatic carbocycles. The van der Waals surface area contributed by atoms with E-state index in [4.69, 9.17) is 4.42 Å². The van der Waals surface area contributed by atoms with Crippen molar-refractivity contribution < 1.29 is 4.42 Å². The monoisotopic (exact) mass is 295 g/mol.